The first-order valence-corrected chi connectivity index (χ1v) is 13.8. The molecule has 0 spiro atoms. The quantitative estimate of drug-likeness (QED) is 0.208. The molecule has 0 aromatic heterocycles. The highest BCUT2D eigenvalue weighted by atomic mass is 15.1. The van der Waals surface area contributed by atoms with E-state index >= 15 is 0 Å². The molecule has 0 N–H and O–H groups in total. The van der Waals surface area contributed by atoms with Crippen LogP contribution in [0.2, 0.25) is 0 Å². The van der Waals surface area contributed by atoms with Crippen molar-refractivity contribution in [1.82, 2.24) is 0 Å². The van der Waals surface area contributed by atoms with Crippen LogP contribution in [0.4, 0.5) is 17.1 Å². The summed E-state index contributed by atoms with van der Waals surface area (Å²) in [6.07, 6.45) is 0. The molecule has 1 heteroatoms. The molecule has 0 heterocycles. The van der Waals surface area contributed by atoms with Gasteiger partial charge in [0.25, 0.3) is 0 Å². The Labute approximate surface area is 235 Å². The van der Waals surface area contributed by atoms with E-state index in [1.54, 1.807) is 0 Å². The van der Waals surface area contributed by atoms with Gasteiger partial charge in [-0.2, -0.15) is 0 Å². The van der Waals surface area contributed by atoms with Crippen LogP contribution in [0.15, 0.2) is 158 Å². The molecular formula is C39H29N. The van der Waals surface area contributed by atoms with Crippen LogP contribution in [0.5, 0.6) is 0 Å². The summed E-state index contributed by atoms with van der Waals surface area (Å²) in [4.78, 5) is 2.33. The van der Waals surface area contributed by atoms with Crippen molar-refractivity contribution in [3.63, 3.8) is 0 Å². The molecule has 0 bridgehead atoms. The van der Waals surface area contributed by atoms with Gasteiger partial charge in [0.2, 0.25) is 0 Å². The first-order chi connectivity index (χ1) is 19.7. The highest BCUT2D eigenvalue weighted by molar-refractivity contribution is 6.13. The normalized spacial score (nSPS) is 11.1. The molecule has 7 aromatic rings. The third kappa shape index (κ3) is 4.42. The van der Waals surface area contributed by atoms with E-state index in [1.807, 2.05) is 0 Å². The summed E-state index contributed by atoms with van der Waals surface area (Å²) in [5.41, 5.74) is 9.57. The van der Waals surface area contributed by atoms with E-state index < -0.39 is 0 Å². The van der Waals surface area contributed by atoms with E-state index in [-0.39, 0.29) is 0 Å². The lowest BCUT2D eigenvalue weighted by atomic mass is 9.93. The summed E-state index contributed by atoms with van der Waals surface area (Å²) in [5, 5.41) is 5.13. The monoisotopic (exact) mass is 511 g/mol. The van der Waals surface area contributed by atoms with Crippen LogP contribution in [-0.4, -0.2) is 0 Å². The molecule has 190 valence electrons. The Kier molecular flexibility index (Phi) is 6.11. The Morgan fingerprint density at radius 2 is 0.850 bits per heavy atom. The summed E-state index contributed by atoms with van der Waals surface area (Å²) >= 11 is 0. The number of aryl methyl sites for hydroxylation is 1. The maximum atomic E-state index is 2.33. The average Bonchev–Trinajstić information content (AvgIpc) is 3.03. The van der Waals surface area contributed by atoms with Gasteiger partial charge in [0.05, 0.1) is 0 Å². The summed E-state index contributed by atoms with van der Waals surface area (Å²) in [5.74, 6) is 0. The van der Waals surface area contributed by atoms with Gasteiger partial charge in [-0.15, -0.1) is 0 Å². The summed E-state index contributed by atoms with van der Waals surface area (Å²) in [7, 11) is 0. The van der Waals surface area contributed by atoms with E-state index in [0.717, 1.165) is 17.1 Å². The van der Waals surface area contributed by atoms with Gasteiger partial charge in [0, 0.05) is 17.1 Å². The molecule has 0 aliphatic heterocycles. The van der Waals surface area contributed by atoms with E-state index in [0.29, 0.717) is 0 Å². The molecule has 0 unspecified atom stereocenters. The number of benzene rings is 7. The van der Waals surface area contributed by atoms with Gasteiger partial charge in [-0.1, -0.05) is 121 Å². The molecule has 7 aromatic carbocycles. The van der Waals surface area contributed by atoms with E-state index in [2.05, 4.69) is 170 Å². The molecule has 40 heavy (non-hydrogen) atoms. The molecule has 7 rings (SSSR count). The SMILES string of the molecule is Cc1ccc(N(c2ccc(-c3ccccc3)cc2)c2ccc(-c3cc4ccccc4c4ccccc34)cc2)cc1. The second-order valence-electron chi connectivity index (χ2n) is 10.3. The fraction of sp³-hybridized carbons (Fsp3) is 0.0256. The second kappa shape index (κ2) is 10.2. The van der Waals surface area contributed by atoms with Crippen LogP contribution >= 0.6 is 0 Å². The number of hydrogen-bond acceptors (Lipinski definition) is 1. The van der Waals surface area contributed by atoms with E-state index in [1.165, 1.54) is 49.4 Å². The lowest BCUT2D eigenvalue weighted by Gasteiger charge is -2.26. The zero-order valence-electron chi connectivity index (χ0n) is 22.5. The number of anilines is 3. The second-order valence-corrected chi connectivity index (χ2v) is 10.3. The summed E-state index contributed by atoms with van der Waals surface area (Å²) < 4.78 is 0. The van der Waals surface area contributed by atoms with Gasteiger partial charge < -0.3 is 4.90 Å². The largest absolute Gasteiger partial charge is 0.311 e. The predicted molar refractivity (Wildman–Crippen MR) is 172 cm³/mol. The molecule has 0 amide bonds. The van der Waals surface area contributed by atoms with Gasteiger partial charge in [-0.05, 0) is 93.2 Å². The maximum absolute atomic E-state index is 2.33. The molecule has 0 fully saturated rings. The molecule has 0 aliphatic carbocycles. The molecule has 0 saturated heterocycles. The molecule has 0 aliphatic rings. The first kappa shape index (κ1) is 23.9. The highest BCUT2D eigenvalue weighted by Gasteiger charge is 2.14. The first-order valence-electron chi connectivity index (χ1n) is 13.8. The highest BCUT2D eigenvalue weighted by Crippen LogP contribution is 2.39. The third-order valence-electron chi connectivity index (χ3n) is 7.73. The Morgan fingerprint density at radius 3 is 1.50 bits per heavy atom. The van der Waals surface area contributed by atoms with Crippen molar-refractivity contribution in [3.8, 4) is 22.3 Å². The van der Waals surface area contributed by atoms with Crippen molar-refractivity contribution in [1.29, 1.82) is 0 Å². The maximum Gasteiger partial charge on any atom is 0.0462 e. The zero-order valence-corrected chi connectivity index (χ0v) is 22.5. The van der Waals surface area contributed by atoms with Gasteiger partial charge >= 0.3 is 0 Å². The van der Waals surface area contributed by atoms with Crippen molar-refractivity contribution >= 4 is 38.6 Å². The van der Waals surface area contributed by atoms with Crippen LogP contribution in [0.25, 0.3) is 43.8 Å². The van der Waals surface area contributed by atoms with Crippen molar-refractivity contribution in [3.05, 3.63) is 163 Å². The van der Waals surface area contributed by atoms with Crippen molar-refractivity contribution in [2.75, 3.05) is 4.90 Å². The minimum Gasteiger partial charge on any atom is -0.311 e. The van der Waals surface area contributed by atoms with Crippen molar-refractivity contribution in [2.24, 2.45) is 0 Å². The Hall–Kier alpha value is -5.14. The molecule has 1 nitrogen and oxygen atoms in total. The van der Waals surface area contributed by atoms with Gasteiger partial charge in [0.1, 0.15) is 0 Å². The topological polar surface area (TPSA) is 3.24 Å². The van der Waals surface area contributed by atoms with Crippen LogP contribution in [-0.2, 0) is 0 Å². The minimum atomic E-state index is 1.13. The van der Waals surface area contributed by atoms with E-state index in [4.69, 9.17) is 0 Å². The zero-order chi connectivity index (χ0) is 26.9. The Morgan fingerprint density at radius 1 is 0.375 bits per heavy atom. The predicted octanol–water partition coefficient (Wildman–Crippen LogP) is 11.1. The molecule has 0 atom stereocenters. The average molecular weight is 512 g/mol. The van der Waals surface area contributed by atoms with Crippen LogP contribution in [0.1, 0.15) is 5.56 Å². The van der Waals surface area contributed by atoms with Crippen molar-refractivity contribution < 1.29 is 0 Å². The lowest BCUT2D eigenvalue weighted by molar-refractivity contribution is 1.28. The third-order valence-corrected chi connectivity index (χ3v) is 7.73. The van der Waals surface area contributed by atoms with Crippen LogP contribution in [0, 0.1) is 6.92 Å². The Bertz CT molecular complexity index is 1920. The number of fused-ring (bicyclic) bond motifs is 3. The van der Waals surface area contributed by atoms with Crippen molar-refractivity contribution in [2.45, 2.75) is 6.92 Å². The van der Waals surface area contributed by atoms with Gasteiger partial charge in [-0.25, -0.2) is 0 Å². The smallest absolute Gasteiger partial charge is 0.0462 e. The fourth-order valence-electron chi connectivity index (χ4n) is 5.66. The van der Waals surface area contributed by atoms with Crippen LogP contribution < -0.4 is 4.90 Å². The van der Waals surface area contributed by atoms with E-state index in [9.17, 15) is 0 Å². The summed E-state index contributed by atoms with van der Waals surface area (Å²) in [6, 6.07) is 56.8. The Balaban J connectivity index is 1.31. The number of hydrogen-bond donors (Lipinski definition) is 0. The van der Waals surface area contributed by atoms with Crippen LogP contribution in [0.3, 0.4) is 0 Å². The number of rotatable bonds is 5. The fourth-order valence-corrected chi connectivity index (χ4v) is 5.66. The molecule has 0 saturated carbocycles. The van der Waals surface area contributed by atoms with Gasteiger partial charge in [0.15, 0.2) is 0 Å². The molecule has 0 radical (unpaired) electrons. The number of nitrogens with zero attached hydrogens (tertiary/aromatic N) is 1. The summed E-state index contributed by atoms with van der Waals surface area (Å²) in [6.45, 7) is 2.13. The van der Waals surface area contributed by atoms with Gasteiger partial charge in [-0.3, -0.25) is 0 Å². The minimum absolute atomic E-state index is 1.13. The standard InChI is InChI=1S/C39H29N/c1-28-15-21-33(22-16-28)40(34-23-17-30(18-24-34)29-9-3-2-4-10-29)35-25-19-31(20-26-35)39-27-32-11-5-6-12-36(32)37-13-7-8-14-38(37)39/h2-27H,1H3. The molecular weight excluding hydrogens is 482 g/mol. The lowest BCUT2D eigenvalue weighted by Crippen LogP contribution is -2.09.